The van der Waals surface area contributed by atoms with Crippen LogP contribution in [0.3, 0.4) is 0 Å². The van der Waals surface area contributed by atoms with Gasteiger partial charge in [0.05, 0.1) is 0 Å². The number of rotatable bonds is 0. The minimum Gasteiger partial charge on any atom is -0.344 e. The molecule has 0 aliphatic carbocycles. The van der Waals surface area contributed by atoms with Gasteiger partial charge in [-0.3, -0.25) is 0 Å². The predicted molar refractivity (Wildman–Crippen MR) is 413 cm³/mol. The van der Waals surface area contributed by atoms with Gasteiger partial charge in [-0.2, -0.15) is 0 Å². The number of nitrogens with zero attached hydrogens (tertiary/aromatic N) is 1. The minimum absolute atomic E-state index is 0. The summed E-state index contributed by atoms with van der Waals surface area (Å²) < 4.78 is 0. The van der Waals surface area contributed by atoms with Crippen LogP contribution in [0.4, 0.5) is 0 Å². The Morgan fingerprint density at radius 3 is 0.0300 bits per heavy atom. The zero-order valence-corrected chi connectivity index (χ0v) is 64.5. The lowest BCUT2D eigenvalue weighted by molar-refractivity contribution is 0.685. The molecule has 0 heterocycles. The van der Waals surface area contributed by atoms with Gasteiger partial charge in [0.1, 0.15) is 0 Å². The van der Waals surface area contributed by atoms with Crippen molar-refractivity contribution in [2.75, 3.05) is 0 Å². The molecule has 237 N–H and O–H groups in total. The van der Waals surface area contributed by atoms with Crippen LogP contribution in [0.2, 0.25) is 0 Å². The molecule has 100 heavy (non-hydrogen) atoms. The fourth-order valence-corrected chi connectivity index (χ4v) is 0. The van der Waals surface area contributed by atoms with Crippen LogP contribution < -0.4 is 492 Å². The third kappa shape index (κ3) is 50800. The summed E-state index contributed by atoms with van der Waals surface area (Å²) in [7, 11) is 0. The molecule has 0 rings (SSSR count). The Labute approximate surface area is 602 Å². The summed E-state index contributed by atoms with van der Waals surface area (Å²) in [5, 5.41) is 0. The SMILES string of the molecule is N.N.N.N.N.N.N.N.N.N.N.N.N.N.N.N.N.N.N.N.N.N.N.N.N.N.N.N.N.N.N.N.N.N.N.N.N.N.N.N.N.N.N.N.N.N.N.N.N.N.N.N.N.N.N.N.N.N.N.N.N.N.N.N.N.N.N.N.N.N.N.N.N.N.N.N.N.N.N.[N].[O].[O].[O].[O].[O].[O].[O].[O].[O].[O].[O].[O].[O].[O].[O].[O].[O].[O].[O].[O]. The quantitative estimate of drug-likeness (QED) is 0.107. The van der Waals surface area contributed by atoms with E-state index in [0.29, 0.717) is 0 Å². The van der Waals surface area contributed by atoms with E-state index >= 15 is 0 Å². The number of hydrogen-bond acceptors (Lipinski definition) is 79. The number of hydrogen-bond donors (Lipinski definition) is 79. The molecule has 100 heteroatoms. The standard InChI is InChI=1S/79H3N.N.20O/h79*1H3;;;;;;;;;;;;;;;;;;;;;. The van der Waals surface area contributed by atoms with E-state index in [1.807, 2.05) is 0 Å². The van der Waals surface area contributed by atoms with Crippen LogP contribution in [0.5, 0.6) is 0 Å². The Morgan fingerprint density at radius 2 is 0.0300 bits per heavy atom. The zero-order chi connectivity index (χ0) is 0. The molecule has 0 aromatic carbocycles. The molecule has 0 amide bonds. The second-order valence-corrected chi connectivity index (χ2v) is 0. The van der Waals surface area contributed by atoms with Crippen LogP contribution in [-0.4, -0.2) is 0 Å². The van der Waals surface area contributed by atoms with Gasteiger partial charge in [0, 0.05) is 116 Å². The van der Waals surface area contributed by atoms with Crippen molar-refractivity contribution in [3.8, 4) is 0 Å². The average Bonchev–Trinajstić information content (AvgIpc) is 0. The van der Waals surface area contributed by atoms with Gasteiger partial charge in [-0.25, -0.2) is 0 Å². The van der Waals surface area contributed by atoms with Gasteiger partial charge < -0.3 is 486 Å². The van der Waals surface area contributed by atoms with Gasteiger partial charge in [0.25, 0.3) is 0 Å². The van der Waals surface area contributed by atoms with E-state index in [-0.39, 0.29) is 602 Å². The Kier molecular flexibility index (Phi) is 28400000. The fraction of sp³-hybridized carbons (Fsp3) is 0. The Balaban J connectivity index is 0. The summed E-state index contributed by atoms with van der Waals surface area (Å²) in [5.41, 5.74) is 0. The highest BCUT2D eigenvalue weighted by Gasteiger charge is 0.0257. The van der Waals surface area contributed by atoms with Crippen molar-refractivity contribution in [1.82, 2.24) is 492 Å². The van der Waals surface area contributed by atoms with Gasteiger partial charge in [0.2, 0.25) is 0 Å². The van der Waals surface area contributed by atoms with Crippen molar-refractivity contribution < 1.29 is 110 Å². The molecular weight excluding hydrogens is 1440 g/mol. The van der Waals surface area contributed by atoms with Gasteiger partial charge in [-0.1, -0.05) is 0 Å². The molecule has 0 fully saturated rings. The molecule has 0 atom stereocenters. The maximum absolute atomic E-state index is 0. The second-order valence-electron chi connectivity index (χ2n) is 0. The monoisotopic (exact) mass is 1680 g/mol. The molecule has 0 bridgehead atoms. The first kappa shape index (κ1) is 54100. The van der Waals surface area contributed by atoms with Crippen LogP contribution in [-0.2, 0) is 110 Å². The van der Waals surface area contributed by atoms with Gasteiger partial charge in [0.15, 0.2) is 0 Å². The summed E-state index contributed by atoms with van der Waals surface area (Å²) in [4.78, 5) is 0. The van der Waals surface area contributed by atoms with Crippen molar-refractivity contribution in [1.29, 1.82) is 0 Å². The highest BCUT2D eigenvalue weighted by atomic mass is 16.0. The fourth-order valence-electron chi connectivity index (χ4n) is 0. The summed E-state index contributed by atoms with van der Waals surface area (Å²) in [6, 6.07) is 0. The van der Waals surface area contributed by atoms with E-state index < -0.39 is 0 Å². The summed E-state index contributed by atoms with van der Waals surface area (Å²) in [6.07, 6.45) is 0. The minimum atomic E-state index is 0. The largest absolute Gasteiger partial charge is 0.344 e. The van der Waals surface area contributed by atoms with Crippen molar-refractivity contribution in [2.45, 2.75) is 0 Å². The summed E-state index contributed by atoms with van der Waals surface area (Å²) >= 11 is 0. The maximum atomic E-state index is 0. The zero-order valence-electron chi connectivity index (χ0n) is 64.5. The van der Waals surface area contributed by atoms with Crippen LogP contribution in [0.1, 0.15) is 0 Å². The van der Waals surface area contributed by atoms with E-state index in [4.69, 9.17) is 0 Å². The molecule has 0 spiro atoms. The molecule has 0 saturated carbocycles. The highest BCUT2D eigenvalue weighted by molar-refractivity contribution is 2.21. The lowest BCUT2D eigenvalue weighted by atomic mass is 14.0. The lowest BCUT2D eigenvalue weighted by Gasteiger charge is -0.345. The second kappa shape index (κ2) is 52500. The first-order valence-corrected chi connectivity index (χ1v) is 0. The molecule has 0 aliphatic rings. The van der Waals surface area contributed by atoms with Crippen LogP contribution in [0.15, 0.2) is 0 Å². The van der Waals surface area contributed by atoms with E-state index in [9.17, 15) is 0 Å². The molecule has 0 aliphatic heterocycles. The van der Waals surface area contributed by atoms with Crippen molar-refractivity contribution in [2.24, 2.45) is 0 Å². The molecule has 0 aromatic heterocycles. The van der Waals surface area contributed by atoms with Crippen LogP contribution >= 0.6 is 0 Å². The Bertz CT molecular complexity index is 72.2. The van der Waals surface area contributed by atoms with Gasteiger partial charge >= 0.3 is 0 Å². The molecule has 0 aromatic rings. The van der Waals surface area contributed by atoms with Crippen molar-refractivity contribution >= 4 is 0 Å². The van der Waals surface area contributed by atoms with Crippen molar-refractivity contribution in [3.05, 3.63) is 0 Å². The van der Waals surface area contributed by atoms with Crippen LogP contribution in [0, 0.1) is 0 Å². The lowest BCUT2D eigenvalue weighted by Crippen LogP contribution is -0.482. The van der Waals surface area contributed by atoms with Gasteiger partial charge in [-0.05, 0) is 0 Å². The van der Waals surface area contributed by atoms with E-state index in [1.165, 1.54) is 0 Å². The van der Waals surface area contributed by atoms with Crippen LogP contribution in [0.25, 0.3) is 0 Å². The molecule has 0 saturated heterocycles. The maximum Gasteiger partial charge on any atom is 0 e. The molecule has 43 radical (unpaired) electrons. The topological polar surface area (TPSA) is 3370 Å². The normalized spacial score (nSPS) is 0. The molecule has 757 valence electrons. The Hall–Kier alpha value is -4.00. The van der Waals surface area contributed by atoms with Gasteiger partial charge in [-0.15, -0.1) is 0 Å². The smallest absolute Gasteiger partial charge is 0 e. The summed E-state index contributed by atoms with van der Waals surface area (Å²) in [5.74, 6) is 0. The predicted octanol–water partition coefficient (Wildman–Crippen LogP) is 9.94. The molecular formula is H237N80O20. The average molecular weight is 1680 g/mol. The Morgan fingerprint density at radius 1 is 0.0300 bits per heavy atom. The third-order valence-electron chi connectivity index (χ3n) is 0. The third-order valence-corrected chi connectivity index (χ3v) is 0. The van der Waals surface area contributed by atoms with E-state index in [1.54, 1.807) is 0 Å². The highest BCUT2D eigenvalue weighted by Crippen LogP contribution is -0.0946. The molecule has 0 unspecified atom stereocenters. The van der Waals surface area contributed by atoms with E-state index in [0.717, 1.165) is 0 Å². The summed E-state index contributed by atoms with van der Waals surface area (Å²) in [6.45, 7) is 0. The first-order valence-electron chi connectivity index (χ1n) is 0. The van der Waals surface area contributed by atoms with Crippen molar-refractivity contribution in [3.63, 3.8) is 0 Å². The molecule has 100 nitrogen and oxygen atoms in total. The van der Waals surface area contributed by atoms with E-state index in [2.05, 4.69) is 0 Å². The first-order chi connectivity index (χ1) is 0.